The molecule has 0 radical (unpaired) electrons. The Balaban J connectivity index is 5.23. The average Bonchev–Trinajstić information content (AvgIpc) is 1.81. The Morgan fingerprint density at radius 2 is 2.00 bits per heavy atom. The van der Waals surface area contributed by atoms with Crippen LogP contribution in [0.15, 0.2) is 23.1 Å². The van der Waals surface area contributed by atoms with Gasteiger partial charge in [0.15, 0.2) is 0 Å². The van der Waals surface area contributed by atoms with Crippen LogP contribution in [-0.4, -0.2) is 15.9 Å². The van der Waals surface area contributed by atoms with Crippen LogP contribution in [0.3, 0.4) is 0 Å². The number of allylic oxidation sites excluding steroid dienone is 3. The summed E-state index contributed by atoms with van der Waals surface area (Å²) in [6.45, 7) is 2.66. The third kappa shape index (κ3) is 3.37. The molecule has 13 heavy (non-hydrogen) atoms. The van der Waals surface area contributed by atoms with Gasteiger partial charge in [-0.25, -0.2) is 0 Å². The molecule has 0 unspecified atom stereocenters. The summed E-state index contributed by atoms with van der Waals surface area (Å²) in [7, 11) is 0. The van der Waals surface area contributed by atoms with Gasteiger partial charge in [0.25, 0.3) is 0 Å². The van der Waals surface area contributed by atoms with Gasteiger partial charge >= 0.3 is 11.6 Å². The second-order valence-electron chi connectivity index (χ2n) is 2.44. The molecule has 0 atom stereocenters. The summed E-state index contributed by atoms with van der Waals surface area (Å²) in [6, 6.07) is 0. The molecule has 0 aromatic rings. The lowest BCUT2D eigenvalue weighted by atomic mass is 10.2. The van der Waals surface area contributed by atoms with Gasteiger partial charge in [-0.05, 0) is 19.9 Å². The number of hydrogen-bond acceptors (Lipinski definition) is 4. The van der Waals surface area contributed by atoms with Crippen molar-refractivity contribution in [2.75, 3.05) is 0 Å². The first-order valence-electron chi connectivity index (χ1n) is 3.38. The number of primary amides is 1. The molecular formula is C7H10N2O4. The lowest BCUT2D eigenvalue weighted by molar-refractivity contribution is -0.419. The van der Waals surface area contributed by atoms with Gasteiger partial charge in [-0.2, -0.15) is 0 Å². The minimum Gasteiger partial charge on any atom is -0.513 e. The smallest absolute Gasteiger partial charge is 0.336 e. The molecule has 0 fully saturated rings. The molecule has 0 spiro atoms. The van der Waals surface area contributed by atoms with Gasteiger partial charge in [0.2, 0.25) is 0 Å². The molecule has 1 amide bonds. The standard InChI is InChI=1S/C7H10N2O4/c1-4(3-5(2)10)6(7(8)11)9(12)13/h3,10H,1-2H3,(H2,8,11)/b5-3-,6-4+. The average molecular weight is 186 g/mol. The maximum Gasteiger partial charge on any atom is 0.336 e. The quantitative estimate of drug-likeness (QED) is 0.220. The predicted octanol–water partition coefficient (Wildman–Crippen LogP) is 0.484. The summed E-state index contributed by atoms with van der Waals surface area (Å²) in [5.74, 6) is -1.25. The molecule has 0 aliphatic carbocycles. The number of nitrogens with zero attached hydrogens (tertiary/aromatic N) is 1. The molecule has 6 heteroatoms. The largest absolute Gasteiger partial charge is 0.513 e. The van der Waals surface area contributed by atoms with Crippen molar-refractivity contribution in [3.05, 3.63) is 33.2 Å². The van der Waals surface area contributed by atoms with E-state index in [1.165, 1.54) is 13.8 Å². The van der Waals surface area contributed by atoms with Crippen LogP contribution in [0.4, 0.5) is 0 Å². The van der Waals surface area contributed by atoms with E-state index in [0.717, 1.165) is 6.08 Å². The summed E-state index contributed by atoms with van der Waals surface area (Å²) < 4.78 is 0. The number of aliphatic hydroxyl groups excluding tert-OH is 1. The first-order chi connectivity index (χ1) is 5.86. The van der Waals surface area contributed by atoms with Crippen molar-refractivity contribution in [1.82, 2.24) is 0 Å². The minimum atomic E-state index is -1.13. The Morgan fingerprint density at radius 1 is 1.54 bits per heavy atom. The fourth-order valence-electron chi connectivity index (χ4n) is 0.810. The van der Waals surface area contributed by atoms with Gasteiger partial charge in [-0.3, -0.25) is 14.9 Å². The SMILES string of the molecule is C/C(O)=C/C(C)=C(\C(N)=O)[N+](=O)[O-]. The number of carbonyl (C=O) groups excluding carboxylic acids is 1. The Hall–Kier alpha value is -1.85. The second kappa shape index (κ2) is 4.24. The fraction of sp³-hybridized carbons (Fsp3) is 0.286. The summed E-state index contributed by atoms with van der Waals surface area (Å²) in [6.07, 6.45) is 1.10. The Bertz CT molecular complexity index is 284. The van der Waals surface area contributed by atoms with Gasteiger partial charge in [0.05, 0.1) is 10.7 Å². The van der Waals surface area contributed by atoms with E-state index in [4.69, 9.17) is 10.8 Å². The van der Waals surface area contributed by atoms with Crippen LogP contribution in [0.1, 0.15) is 13.8 Å². The van der Waals surface area contributed by atoms with Crippen molar-refractivity contribution in [3.8, 4) is 0 Å². The van der Waals surface area contributed by atoms with Crippen LogP contribution >= 0.6 is 0 Å². The summed E-state index contributed by atoms with van der Waals surface area (Å²) in [4.78, 5) is 20.0. The molecule has 0 rings (SSSR count). The Morgan fingerprint density at radius 3 is 2.23 bits per heavy atom. The number of nitro groups is 1. The fourth-order valence-corrected chi connectivity index (χ4v) is 0.810. The molecule has 0 saturated heterocycles. The number of amides is 1. The highest BCUT2D eigenvalue weighted by atomic mass is 16.6. The third-order valence-electron chi connectivity index (χ3n) is 1.21. The zero-order valence-electron chi connectivity index (χ0n) is 7.27. The maximum atomic E-state index is 10.6. The highest BCUT2D eigenvalue weighted by Crippen LogP contribution is 2.07. The van der Waals surface area contributed by atoms with Crippen LogP contribution in [-0.2, 0) is 4.79 Å². The lowest BCUT2D eigenvalue weighted by Gasteiger charge is -1.96. The molecule has 0 aliphatic rings. The second-order valence-corrected chi connectivity index (χ2v) is 2.44. The van der Waals surface area contributed by atoms with Crippen molar-refractivity contribution < 1.29 is 14.8 Å². The van der Waals surface area contributed by atoms with Gasteiger partial charge in [0.1, 0.15) is 0 Å². The zero-order chi connectivity index (χ0) is 10.6. The molecule has 0 saturated carbocycles. The Kier molecular flexibility index (Phi) is 3.64. The molecule has 72 valence electrons. The number of hydrogen-bond donors (Lipinski definition) is 2. The lowest BCUT2D eigenvalue weighted by Crippen LogP contribution is -2.21. The molecule has 0 aromatic carbocycles. The molecule has 3 N–H and O–H groups in total. The van der Waals surface area contributed by atoms with Gasteiger partial charge < -0.3 is 10.8 Å². The van der Waals surface area contributed by atoms with E-state index < -0.39 is 16.5 Å². The number of carbonyl (C=O) groups is 1. The maximum absolute atomic E-state index is 10.6. The minimum absolute atomic E-state index is 0.0255. The van der Waals surface area contributed by atoms with Crippen molar-refractivity contribution in [2.45, 2.75) is 13.8 Å². The van der Waals surface area contributed by atoms with Crippen molar-refractivity contribution in [3.63, 3.8) is 0 Å². The van der Waals surface area contributed by atoms with E-state index >= 15 is 0 Å². The summed E-state index contributed by atoms with van der Waals surface area (Å²) in [5.41, 5.74) is 4.08. The van der Waals surface area contributed by atoms with Crippen molar-refractivity contribution in [1.29, 1.82) is 0 Å². The monoisotopic (exact) mass is 186 g/mol. The molecule has 0 aliphatic heterocycles. The van der Waals surface area contributed by atoms with Gasteiger partial charge in [0, 0.05) is 5.57 Å². The molecule has 0 bridgehead atoms. The highest BCUT2D eigenvalue weighted by molar-refractivity contribution is 5.90. The predicted molar refractivity (Wildman–Crippen MR) is 45.3 cm³/mol. The summed E-state index contributed by atoms with van der Waals surface area (Å²) >= 11 is 0. The van der Waals surface area contributed by atoms with E-state index in [-0.39, 0.29) is 11.3 Å². The van der Waals surface area contributed by atoms with Crippen LogP contribution < -0.4 is 5.73 Å². The van der Waals surface area contributed by atoms with Crippen LogP contribution in [0, 0.1) is 10.1 Å². The number of rotatable bonds is 3. The zero-order valence-corrected chi connectivity index (χ0v) is 7.27. The molecule has 0 aromatic heterocycles. The topological polar surface area (TPSA) is 106 Å². The normalized spacial score (nSPS) is 13.5. The third-order valence-corrected chi connectivity index (χ3v) is 1.21. The van der Waals surface area contributed by atoms with E-state index in [1.54, 1.807) is 0 Å². The van der Waals surface area contributed by atoms with Crippen LogP contribution in [0.25, 0.3) is 0 Å². The van der Waals surface area contributed by atoms with Gasteiger partial charge in [-0.1, -0.05) is 0 Å². The first-order valence-corrected chi connectivity index (χ1v) is 3.38. The number of aliphatic hydroxyl groups is 1. The number of nitrogens with two attached hydrogens (primary N) is 1. The summed E-state index contributed by atoms with van der Waals surface area (Å²) in [5, 5.41) is 19.1. The van der Waals surface area contributed by atoms with E-state index in [1.807, 2.05) is 0 Å². The van der Waals surface area contributed by atoms with Crippen molar-refractivity contribution >= 4 is 5.91 Å². The molecule has 0 heterocycles. The van der Waals surface area contributed by atoms with E-state index in [0.29, 0.717) is 0 Å². The first kappa shape index (κ1) is 11.2. The molecule has 6 nitrogen and oxygen atoms in total. The van der Waals surface area contributed by atoms with E-state index in [9.17, 15) is 14.9 Å². The van der Waals surface area contributed by atoms with Gasteiger partial charge in [-0.15, -0.1) is 0 Å². The van der Waals surface area contributed by atoms with E-state index in [2.05, 4.69) is 0 Å². The van der Waals surface area contributed by atoms with Crippen LogP contribution in [0.5, 0.6) is 0 Å². The Labute approximate surface area is 74.5 Å². The molecular weight excluding hydrogens is 176 g/mol. The van der Waals surface area contributed by atoms with Crippen LogP contribution in [0.2, 0.25) is 0 Å². The highest BCUT2D eigenvalue weighted by Gasteiger charge is 2.20. The van der Waals surface area contributed by atoms with Crippen molar-refractivity contribution in [2.24, 2.45) is 5.73 Å².